The zero-order chi connectivity index (χ0) is 45.6. The first-order chi connectivity index (χ1) is 30.1. The fourth-order valence-corrected chi connectivity index (χ4v) is 8.01. The number of allylic oxidation sites excluding steroid dienone is 4. The van der Waals surface area contributed by atoms with Gasteiger partial charge >= 0.3 is 17.9 Å². The van der Waals surface area contributed by atoms with Crippen molar-refractivity contribution >= 4 is 17.9 Å². The Morgan fingerprint density at radius 3 is 1.26 bits per heavy atom. The number of nitrogens with zero attached hydrogens (tertiary/aromatic N) is 1. The van der Waals surface area contributed by atoms with Crippen LogP contribution in [0.5, 0.6) is 0 Å². The fourth-order valence-electron chi connectivity index (χ4n) is 8.01. The summed E-state index contributed by atoms with van der Waals surface area (Å²) in [5.74, 6) is -1.47. The second kappa shape index (κ2) is 45.4. The van der Waals surface area contributed by atoms with Crippen molar-refractivity contribution in [3.05, 3.63) is 24.3 Å². The number of carboxylic acids is 1. The first kappa shape index (κ1) is 59.8. The first-order valence-electron chi connectivity index (χ1n) is 26.4. The Hall–Kier alpha value is -2.19. The molecular weight excluding hydrogens is 775 g/mol. The van der Waals surface area contributed by atoms with E-state index >= 15 is 0 Å². The summed E-state index contributed by atoms with van der Waals surface area (Å²) in [5, 5.41) is 9.65. The number of ether oxygens (including phenoxy) is 3. The standard InChI is InChI=1S/C54H101NO7/c1-6-8-10-12-14-16-18-20-22-24-25-26-27-28-29-31-32-34-36-38-40-42-44-52(56)61-49-50(48-60-47-46-51(54(58)59)55(3,4)5)62-53(57)45-43-41-39-37-35-33-30-23-21-19-17-15-13-11-9-7-2/h17,19,23,30,50-51H,6-16,18,20-22,24-29,31-49H2,1-5H3/p+1/b19-17-,30-23-. The van der Waals surface area contributed by atoms with Crippen molar-refractivity contribution < 1.29 is 38.2 Å². The van der Waals surface area contributed by atoms with Crippen LogP contribution in [0.15, 0.2) is 24.3 Å². The SMILES string of the molecule is CCCCCC/C=C\C/C=C\CCCCCCCC(=O)OC(COCCC(C(=O)O)[N+](C)(C)C)COC(=O)CCCCCCCCCCCCCCCCCCCCCCCC. The van der Waals surface area contributed by atoms with Crippen molar-refractivity contribution in [3.63, 3.8) is 0 Å². The zero-order valence-corrected chi connectivity index (χ0v) is 41.6. The molecule has 0 rings (SSSR count). The summed E-state index contributed by atoms with van der Waals surface area (Å²) in [6.45, 7) is 4.75. The minimum Gasteiger partial charge on any atom is -0.477 e. The lowest BCUT2D eigenvalue weighted by molar-refractivity contribution is -0.887. The molecule has 0 bridgehead atoms. The summed E-state index contributed by atoms with van der Waals surface area (Å²) >= 11 is 0. The maximum absolute atomic E-state index is 12.8. The molecule has 8 nitrogen and oxygen atoms in total. The molecule has 0 saturated carbocycles. The Balaban J connectivity index is 4.18. The maximum atomic E-state index is 12.8. The quantitative estimate of drug-likeness (QED) is 0.0281. The van der Waals surface area contributed by atoms with Crippen LogP contribution >= 0.6 is 0 Å². The largest absolute Gasteiger partial charge is 0.477 e. The molecule has 0 aromatic heterocycles. The average molecular weight is 877 g/mol. The minimum absolute atomic E-state index is 0.0517. The van der Waals surface area contributed by atoms with Gasteiger partial charge < -0.3 is 23.8 Å². The fraction of sp³-hybridized carbons (Fsp3) is 0.870. The molecule has 0 spiro atoms. The van der Waals surface area contributed by atoms with E-state index in [0.29, 0.717) is 19.3 Å². The third-order valence-corrected chi connectivity index (χ3v) is 12.1. The number of hydrogen-bond acceptors (Lipinski definition) is 6. The van der Waals surface area contributed by atoms with E-state index in [2.05, 4.69) is 38.2 Å². The molecule has 0 radical (unpaired) electrons. The maximum Gasteiger partial charge on any atom is 0.362 e. The highest BCUT2D eigenvalue weighted by Crippen LogP contribution is 2.17. The molecular formula is C54H102NO7+. The average Bonchev–Trinajstić information content (AvgIpc) is 3.23. The number of likely N-dealkylation sites (N-methyl/N-ethyl adjacent to an activating group) is 1. The van der Waals surface area contributed by atoms with E-state index in [1.807, 2.05) is 21.1 Å². The smallest absolute Gasteiger partial charge is 0.362 e. The number of carboxylic acid groups (broad SMARTS) is 1. The second-order valence-electron chi connectivity index (χ2n) is 19.1. The number of esters is 2. The highest BCUT2D eigenvalue weighted by Gasteiger charge is 2.31. The van der Waals surface area contributed by atoms with Gasteiger partial charge in [-0.15, -0.1) is 0 Å². The molecule has 0 aliphatic heterocycles. The summed E-state index contributed by atoms with van der Waals surface area (Å²) < 4.78 is 17.4. The molecule has 0 aromatic rings. The van der Waals surface area contributed by atoms with Gasteiger partial charge in [-0.05, 0) is 44.9 Å². The second-order valence-corrected chi connectivity index (χ2v) is 19.1. The van der Waals surface area contributed by atoms with E-state index in [1.165, 1.54) is 154 Å². The van der Waals surface area contributed by atoms with Gasteiger partial charge in [0, 0.05) is 19.3 Å². The van der Waals surface area contributed by atoms with E-state index in [4.69, 9.17) is 14.2 Å². The van der Waals surface area contributed by atoms with Crippen molar-refractivity contribution in [2.75, 3.05) is 41.0 Å². The Morgan fingerprint density at radius 2 is 0.855 bits per heavy atom. The zero-order valence-electron chi connectivity index (χ0n) is 41.6. The molecule has 0 aromatic carbocycles. The van der Waals surface area contributed by atoms with Gasteiger partial charge in [0.05, 0.1) is 34.4 Å². The molecule has 2 atom stereocenters. The van der Waals surface area contributed by atoms with Crippen molar-refractivity contribution in [1.82, 2.24) is 0 Å². The van der Waals surface area contributed by atoms with Gasteiger partial charge in [0.2, 0.25) is 0 Å². The van der Waals surface area contributed by atoms with Crippen molar-refractivity contribution in [1.29, 1.82) is 0 Å². The summed E-state index contributed by atoms with van der Waals surface area (Å²) in [4.78, 5) is 37.2. The van der Waals surface area contributed by atoms with Gasteiger partial charge in [-0.3, -0.25) is 9.59 Å². The molecule has 62 heavy (non-hydrogen) atoms. The molecule has 0 heterocycles. The van der Waals surface area contributed by atoms with E-state index in [9.17, 15) is 19.5 Å². The van der Waals surface area contributed by atoms with E-state index in [0.717, 1.165) is 64.2 Å². The van der Waals surface area contributed by atoms with Crippen LogP contribution in [0.3, 0.4) is 0 Å². The minimum atomic E-state index is -0.874. The summed E-state index contributed by atoms with van der Waals surface area (Å²) in [6, 6.07) is -0.615. The van der Waals surface area contributed by atoms with Gasteiger partial charge in [0.1, 0.15) is 6.61 Å². The molecule has 0 saturated heterocycles. The van der Waals surface area contributed by atoms with Crippen molar-refractivity contribution in [2.45, 2.75) is 264 Å². The third kappa shape index (κ3) is 43.1. The van der Waals surface area contributed by atoms with Crippen molar-refractivity contribution in [3.8, 4) is 0 Å². The number of quaternary nitrogens is 1. The molecule has 364 valence electrons. The molecule has 0 aliphatic rings. The molecule has 0 amide bonds. The highest BCUT2D eigenvalue weighted by molar-refractivity contribution is 5.72. The summed E-state index contributed by atoms with van der Waals surface area (Å²) in [7, 11) is 5.54. The number of aliphatic carboxylic acids is 1. The lowest BCUT2D eigenvalue weighted by atomic mass is 10.0. The predicted molar refractivity (Wildman–Crippen MR) is 262 cm³/mol. The van der Waals surface area contributed by atoms with Gasteiger partial charge in [-0.25, -0.2) is 4.79 Å². The van der Waals surface area contributed by atoms with Crippen LogP contribution in [0.25, 0.3) is 0 Å². The van der Waals surface area contributed by atoms with Gasteiger partial charge in [-0.2, -0.15) is 0 Å². The molecule has 2 unspecified atom stereocenters. The van der Waals surface area contributed by atoms with E-state index < -0.39 is 18.1 Å². The van der Waals surface area contributed by atoms with E-state index in [-0.39, 0.29) is 36.2 Å². The number of hydrogen-bond donors (Lipinski definition) is 1. The Morgan fingerprint density at radius 1 is 0.484 bits per heavy atom. The number of carbonyl (C=O) groups excluding carboxylic acids is 2. The van der Waals surface area contributed by atoms with Gasteiger partial charge in [0.25, 0.3) is 0 Å². The Kier molecular flexibility index (Phi) is 43.8. The molecule has 0 fully saturated rings. The van der Waals surface area contributed by atoms with Gasteiger partial charge in [0.15, 0.2) is 12.1 Å². The topological polar surface area (TPSA) is 99.1 Å². The molecule has 0 aliphatic carbocycles. The van der Waals surface area contributed by atoms with E-state index in [1.54, 1.807) is 0 Å². The van der Waals surface area contributed by atoms with Crippen LogP contribution in [0.4, 0.5) is 0 Å². The lowest BCUT2D eigenvalue weighted by Crippen LogP contribution is -2.50. The summed E-state index contributed by atoms with van der Waals surface area (Å²) in [6.07, 6.45) is 52.3. The lowest BCUT2D eigenvalue weighted by Gasteiger charge is -2.31. The number of carbonyl (C=O) groups is 3. The third-order valence-electron chi connectivity index (χ3n) is 12.1. The van der Waals surface area contributed by atoms with Gasteiger partial charge in [-0.1, -0.05) is 212 Å². The molecule has 1 N–H and O–H groups in total. The monoisotopic (exact) mass is 877 g/mol. The van der Waals surface area contributed by atoms with Crippen LogP contribution in [-0.2, 0) is 28.6 Å². The predicted octanol–water partition coefficient (Wildman–Crippen LogP) is 15.2. The first-order valence-corrected chi connectivity index (χ1v) is 26.4. The number of rotatable bonds is 48. The Labute approximate surface area is 383 Å². The van der Waals surface area contributed by atoms with Crippen LogP contribution < -0.4 is 0 Å². The Bertz CT molecular complexity index is 1070. The number of unbranched alkanes of at least 4 members (excludes halogenated alkanes) is 30. The highest BCUT2D eigenvalue weighted by atomic mass is 16.6. The van der Waals surface area contributed by atoms with Crippen LogP contribution in [0.2, 0.25) is 0 Å². The van der Waals surface area contributed by atoms with Crippen LogP contribution in [-0.4, -0.2) is 80.6 Å². The molecule has 8 heteroatoms. The van der Waals surface area contributed by atoms with Crippen LogP contribution in [0.1, 0.15) is 251 Å². The van der Waals surface area contributed by atoms with Crippen molar-refractivity contribution in [2.24, 2.45) is 0 Å². The normalized spacial score (nSPS) is 13.0. The summed E-state index contributed by atoms with van der Waals surface area (Å²) in [5.41, 5.74) is 0. The van der Waals surface area contributed by atoms with Crippen LogP contribution in [0, 0.1) is 0 Å².